The molecule has 0 spiro atoms. The van der Waals surface area contributed by atoms with E-state index in [0.717, 1.165) is 5.56 Å². The highest BCUT2D eigenvalue weighted by Gasteiger charge is 2.17. The summed E-state index contributed by atoms with van der Waals surface area (Å²) in [6.07, 6.45) is -0.0371. The van der Waals surface area contributed by atoms with E-state index in [-0.39, 0.29) is 30.3 Å². The van der Waals surface area contributed by atoms with Crippen molar-refractivity contribution in [2.45, 2.75) is 18.6 Å². The van der Waals surface area contributed by atoms with Crippen LogP contribution < -0.4 is 11.1 Å². The average molecular weight is 297 g/mol. The Hall–Kier alpha value is -1.50. The van der Waals surface area contributed by atoms with Gasteiger partial charge in [0.2, 0.25) is 5.91 Å². The summed E-state index contributed by atoms with van der Waals surface area (Å²) in [5.74, 6) is -0.382. The number of rotatable bonds is 8. The fourth-order valence-corrected chi connectivity index (χ4v) is 2.04. The molecule has 0 aliphatic heterocycles. The van der Waals surface area contributed by atoms with Crippen molar-refractivity contribution in [1.29, 1.82) is 0 Å². The number of halogens is 1. The average Bonchev–Trinajstić information content (AvgIpc) is 2.46. The van der Waals surface area contributed by atoms with E-state index in [1.165, 1.54) is 19.2 Å². The van der Waals surface area contributed by atoms with Gasteiger partial charge < -0.3 is 20.7 Å². The lowest BCUT2D eigenvalue weighted by Gasteiger charge is -2.25. The molecule has 0 aromatic heterocycles. The molecule has 0 aliphatic rings. The highest BCUT2D eigenvalue weighted by atomic mass is 19.1. The minimum absolute atomic E-state index is 0.0200. The van der Waals surface area contributed by atoms with Gasteiger partial charge in [0.05, 0.1) is 18.6 Å². The topological polar surface area (TPSA) is 67.6 Å². The van der Waals surface area contributed by atoms with Gasteiger partial charge in [-0.05, 0) is 31.8 Å². The molecule has 21 heavy (non-hydrogen) atoms. The molecule has 1 rings (SSSR count). The Bertz CT molecular complexity index is 433. The van der Waals surface area contributed by atoms with Gasteiger partial charge in [-0.15, -0.1) is 0 Å². The third-order valence-electron chi connectivity index (χ3n) is 3.38. The van der Waals surface area contributed by atoms with E-state index >= 15 is 0 Å². The molecule has 2 atom stereocenters. The van der Waals surface area contributed by atoms with E-state index in [1.54, 1.807) is 12.1 Å². The number of nitrogens with one attached hydrogen (secondary N) is 1. The van der Waals surface area contributed by atoms with E-state index in [1.807, 2.05) is 19.0 Å². The zero-order chi connectivity index (χ0) is 15.8. The van der Waals surface area contributed by atoms with E-state index in [0.29, 0.717) is 13.1 Å². The van der Waals surface area contributed by atoms with Gasteiger partial charge >= 0.3 is 0 Å². The van der Waals surface area contributed by atoms with Crippen LogP contribution in [0.5, 0.6) is 0 Å². The molecular formula is C15H24FN3O2. The normalized spacial score (nSPS) is 14.0. The Kier molecular flexibility index (Phi) is 7.28. The summed E-state index contributed by atoms with van der Waals surface area (Å²) in [5.41, 5.74) is 6.44. The summed E-state index contributed by atoms with van der Waals surface area (Å²) in [6, 6.07) is 6.27. The Morgan fingerprint density at radius 3 is 2.48 bits per heavy atom. The van der Waals surface area contributed by atoms with Crippen molar-refractivity contribution >= 4 is 5.91 Å². The number of hydrogen-bond acceptors (Lipinski definition) is 4. The molecule has 3 N–H and O–H groups in total. The van der Waals surface area contributed by atoms with Crippen molar-refractivity contribution in [2.24, 2.45) is 5.73 Å². The number of hydrogen-bond donors (Lipinski definition) is 2. The fourth-order valence-electron chi connectivity index (χ4n) is 2.04. The van der Waals surface area contributed by atoms with Crippen molar-refractivity contribution in [3.63, 3.8) is 0 Å². The maximum atomic E-state index is 13.0. The van der Waals surface area contributed by atoms with Crippen molar-refractivity contribution in [1.82, 2.24) is 10.2 Å². The number of likely N-dealkylation sites (N-methyl/N-ethyl adjacent to an activating group) is 1. The third-order valence-corrected chi connectivity index (χ3v) is 3.38. The fraction of sp³-hybridized carbons (Fsp3) is 0.533. The Morgan fingerprint density at radius 1 is 1.38 bits per heavy atom. The lowest BCUT2D eigenvalue weighted by atomic mass is 10.1. The van der Waals surface area contributed by atoms with Gasteiger partial charge in [0.25, 0.3) is 0 Å². The summed E-state index contributed by atoms with van der Waals surface area (Å²) < 4.78 is 18.1. The molecule has 0 radical (unpaired) electrons. The molecule has 0 fully saturated rings. The van der Waals surface area contributed by atoms with Crippen LogP contribution in [0.15, 0.2) is 24.3 Å². The van der Waals surface area contributed by atoms with Gasteiger partial charge in [0, 0.05) is 20.2 Å². The number of methoxy groups -OCH3 is 1. The summed E-state index contributed by atoms with van der Waals surface area (Å²) in [7, 11) is 5.36. The van der Waals surface area contributed by atoms with Crippen LogP contribution in [0, 0.1) is 5.82 Å². The quantitative estimate of drug-likeness (QED) is 0.748. The molecule has 0 aliphatic carbocycles. The second-order valence-corrected chi connectivity index (χ2v) is 5.13. The summed E-state index contributed by atoms with van der Waals surface area (Å²) in [4.78, 5) is 13.8. The smallest absolute Gasteiger partial charge is 0.222 e. The van der Waals surface area contributed by atoms with Crippen molar-refractivity contribution in [3.8, 4) is 0 Å². The lowest BCUT2D eigenvalue weighted by Crippen LogP contribution is -2.37. The Labute approximate surface area is 125 Å². The first kappa shape index (κ1) is 17.6. The van der Waals surface area contributed by atoms with Crippen LogP contribution in [-0.2, 0) is 9.53 Å². The Balaban J connectivity index is 2.59. The number of benzene rings is 1. The minimum atomic E-state index is -0.272. The number of carbonyl (C=O) groups is 1. The first-order valence-electron chi connectivity index (χ1n) is 6.89. The summed E-state index contributed by atoms with van der Waals surface area (Å²) in [6.45, 7) is 0.747. The molecule has 0 bridgehead atoms. The van der Waals surface area contributed by atoms with Gasteiger partial charge in [-0.1, -0.05) is 12.1 Å². The van der Waals surface area contributed by atoms with Crippen LogP contribution in [-0.4, -0.2) is 51.2 Å². The van der Waals surface area contributed by atoms with Crippen molar-refractivity contribution in [2.75, 3.05) is 34.3 Å². The minimum Gasteiger partial charge on any atom is -0.380 e. The lowest BCUT2D eigenvalue weighted by molar-refractivity contribution is -0.123. The van der Waals surface area contributed by atoms with Gasteiger partial charge in [0.15, 0.2) is 0 Å². The molecule has 118 valence electrons. The Morgan fingerprint density at radius 2 is 2.00 bits per heavy atom. The predicted octanol–water partition coefficient (Wildman–Crippen LogP) is 0.908. The van der Waals surface area contributed by atoms with Gasteiger partial charge in [-0.3, -0.25) is 4.79 Å². The monoisotopic (exact) mass is 297 g/mol. The van der Waals surface area contributed by atoms with Gasteiger partial charge in [-0.2, -0.15) is 0 Å². The molecule has 6 heteroatoms. The molecule has 0 saturated heterocycles. The third kappa shape index (κ3) is 5.79. The van der Waals surface area contributed by atoms with Crippen LogP contribution in [0.25, 0.3) is 0 Å². The van der Waals surface area contributed by atoms with E-state index < -0.39 is 0 Å². The van der Waals surface area contributed by atoms with Crippen LogP contribution in [0.2, 0.25) is 0 Å². The highest BCUT2D eigenvalue weighted by molar-refractivity contribution is 5.76. The zero-order valence-electron chi connectivity index (χ0n) is 12.8. The second kappa shape index (κ2) is 8.71. The number of ether oxygens (including phenoxy) is 1. The molecule has 1 aromatic rings. The summed E-state index contributed by atoms with van der Waals surface area (Å²) >= 11 is 0. The van der Waals surface area contributed by atoms with Gasteiger partial charge in [0.1, 0.15) is 5.82 Å². The number of nitrogens with zero attached hydrogens (tertiary/aromatic N) is 1. The van der Waals surface area contributed by atoms with Crippen molar-refractivity contribution < 1.29 is 13.9 Å². The first-order valence-corrected chi connectivity index (χ1v) is 6.89. The van der Waals surface area contributed by atoms with E-state index in [9.17, 15) is 9.18 Å². The molecule has 0 heterocycles. The maximum Gasteiger partial charge on any atom is 0.222 e. The molecule has 5 nitrogen and oxygen atoms in total. The number of amides is 1. The molecular weight excluding hydrogens is 273 g/mol. The molecule has 1 aromatic carbocycles. The maximum absolute atomic E-state index is 13.0. The standard InChI is InChI=1S/C15H24FN3O2/c1-19(2)14(11-4-6-12(16)7-5-11)10-18-15(20)8-13(9-17)21-3/h4-7,13-14H,8-10,17H2,1-3H3,(H,18,20). The number of nitrogens with two attached hydrogens (primary N) is 1. The van der Waals surface area contributed by atoms with Gasteiger partial charge in [-0.25, -0.2) is 4.39 Å². The summed E-state index contributed by atoms with van der Waals surface area (Å²) in [5, 5.41) is 2.87. The van der Waals surface area contributed by atoms with E-state index in [2.05, 4.69) is 5.32 Å². The van der Waals surface area contributed by atoms with Crippen LogP contribution in [0.4, 0.5) is 4.39 Å². The SMILES string of the molecule is COC(CN)CC(=O)NCC(c1ccc(F)cc1)N(C)C. The predicted molar refractivity (Wildman–Crippen MR) is 80.3 cm³/mol. The molecule has 1 amide bonds. The van der Waals surface area contributed by atoms with Crippen molar-refractivity contribution in [3.05, 3.63) is 35.6 Å². The van der Waals surface area contributed by atoms with Crippen LogP contribution in [0.1, 0.15) is 18.0 Å². The van der Waals surface area contributed by atoms with Crippen LogP contribution in [0.3, 0.4) is 0 Å². The van der Waals surface area contributed by atoms with E-state index in [4.69, 9.17) is 10.5 Å². The van der Waals surface area contributed by atoms with Crippen LogP contribution >= 0.6 is 0 Å². The first-order chi connectivity index (χ1) is 9.97. The molecule has 2 unspecified atom stereocenters. The number of carbonyl (C=O) groups excluding carboxylic acids is 1. The highest BCUT2D eigenvalue weighted by Crippen LogP contribution is 2.17. The molecule has 0 saturated carbocycles. The largest absolute Gasteiger partial charge is 0.380 e. The zero-order valence-corrected chi connectivity index (χ0v) is 12.8. The second-order valence-electron chi connectivity index (χ2n) is 5.13.